The fourth-order valence-corrected chi connectivity index (χ4v) is 16.7. The van der Waals surface area contributed by atoms with Gasteiger partial charge < -0.3 is 20.1 Å². The average molecular weight is 1440 g/mol. The number of piperazine rings is 2. The number of hydrogen-bond acceptors (Lipinski definition) is 16. The molecule has 2 amide bonds. The lowest BCUT2D eigenvalue weighted by Gasteiger charge is -2.27. The zero-order chi connectivity index (χ0) is 69.5. The van der Waals surface area contributed by atoms with Gasteiger partial charge in [-0.3, -0.25) is 29.2 Å². The normalized spacial score (nSPS) is 15.0. The van der Waals surface area contributed by atoms with E-state index < -0.39 is 0 Å². The molecule has 21 heteroatoms. The molecule has 12 rings (SSSR count). The van der Waals surface area contributed by atoms with Crippen molar-refractivity contribution in [3.05, 3.63) is 233 Å². The highest BCUT2D eigenvalue weighted by atomic mass is 35.5. The molecule has 0 unspecified atom stereocenters. The number of amides is 2. The predicted molar refractivity (Wildman–Crippen MR) is 397 cm³/mol. The number of aryl methyl sites for hydroxylation is 5. The first-order valence-corrected chi connectivity index (χ1v) is 36.9. The topological polar surface area (TPSA) is 185 Å². The molecule has 2 N–H and O–H groups in total. The molecule has 4 fully saturated rings. The number of ether oxygens (including phenoxy) is 2. The Hall–Kier alpha value is -7.47. The Balaban J connectivity index is 0.000000153. The van der Waals surface area contributed by atoms with Crippen molar-refractivity contribution in [2.75, 3.05) is 90.2 Å². The summed E-state index contributed by atoms with van der Waals surface area (Å²) in [5.41, 5.74) is 12.8. The second-order valence-corrected chi connectivity index (χ2v) is 30.1. The van der Waals surface area contributed by atoms with Crippen LogP contribution < -0.4 is 15.4 Å². The van der Waals surface area contributed by atoms with Gasteiger partial charge in [-0.2, -0.15) is 32.8 Å². The zero-order valence-electron chi connectivity index (χ0n) is 55.6. The second-order valence-electron chi connectivity index (χ2n) is 24.3. The van der Waals surface area contributed by atoms with Crippen molar-refractivity contribution in [3.63, 3.8) is 0 Å². The molecule has 4 heterocycles. The summed E-state index contributed by atoms with van der Waals surface area (Å²) in [6.45, 7) is 22.5. The standard InChI is InChI=1S/C20H21N3OS.C19H18ClN3O2.C19H19ClN2OS.C19H19ClN2S2/c1-14-7-15(2)9-18(8-14)25-19-4-3-16(11-21)10-17(19)12-23-6-5-22-20(24)13-23;1-13-6-16(20)9-17(7-13)25-18-3-2-14(10-21)8-15(18)11-23-5-4-22-19(24)12-23;2*1-14-8-17(20)11-18(9-14)24-19-3-2-15(12-21)10-16(19)13-22-4-6-23-7-5-22/h3-4,7-10H,5-6,12-13H2,1-2H3,(H,22,24);2-3,6-9H,4-5,11-12H2,1H3,(H,22,24);2*2-3,8-11H,4-7,13H2,1H3. The first-order chi connectivity index (χ1) is 47.3. The Morgan fingerprint density at radius 2 is 0.806 bits per heavy atom. The zero-order valence-corrected chi connectivity index (χ0v) is 61.1. The Morgan fingerprint density at radius 1 is 0.439 bits per heavy atom. The lowest BCUT2D eigenvalue weighted by Crippen LogP contribution is -2.47. The molecule has 4 saturated heterocycles. The maximum absolute atomic E-state index is 11.6. The van der Waals surface area contributed by atoms with E-state index in [4.69, 9.17) is 44.3 Å². The highest BCUT2D eigenvalue weighted by Gasteiger charge is 2.22. The van der Waals surface area contributed by atoms with Gasteiger partial charge in [0, 0.05) is 140 Å². The molecule has 4 aliphatic heterocycles. The number of hydrogen-bond donors (Lipinski definition) is 2. The largest absolute Gasteiger partial charge is 0.457 e. The van der Waals surface area contributed by atoms with E-state index in [1.807, 2.05) is 115 Å². The molecule has 0 aliphatic carbocycles. The summed E-state index contributed by atoms with van der Waals surface area (Å²) in [5.74, 6) is 3.75. The van der Waals surface area contributed by atoms with Crippen molar-refractivity contribution < 1.29 is 19.1 Å². The van der Waals surface area contributed by atoms with Gasteiger partial charge in [0.1, 0.15) is 11.5 Å². The Kier molecular flexibility index (Phi) is 28.7. The molecule has 98 heavy (non-hydrogen) atoms. The fraction of sp³-hybridized carbons (Fsp3) is 0.299. The van der Waals surface area contributed by atoms with Crippen LogP contribution in [0.1, 0.15) is 72.3 Å². The van der Waals surface area contributed by atoms with Crippen LogP contribution >= 0.6 is 81.9 Å². The van der Waals surface area contributed by atoms with Gasteiger partial charge in [0.2, 0.25) is 11.8 Å². The van der Waals surface area contributed by atoms with Crippen LogP contribution in [0.2, 0.25) is 15.1 Å². The summed E-state index contributed by atoms with van der Waals surface area (Å²) in [7, 11) is 0. The first-order valence-electron chi connectivity index (χ1n) is 32.2. The molecule has 0 atom stereocenters. The highest BCUT2D eigenvalue weighted by Crippen LogP contribution is 2.38. The van der Waals surface area contributed by atoms with Crippen molar-refractivity contribution in [2.24, 2.45) is 0 Å². The third kappa shape index (κ3) is 23.9. The van der Waals surface area contributed by atoms with Crippen molar-refractivity contribution in [1.29, 1.82) is 21.0 Å². The minimum Gasteiger partial charge on any atom is -0.457 e. The lowest BCUT2D eigenvalue weighted by atomic mass is 10.1. The molecule has 0 radical (unpaired) electrons. The third-order valence-corrected chi connectivity index (χ3v) is 20.8. The molecule has 4 aliphatic rings. The van der Waals surface area contributed by atoms with E-state index in [9.17, 15) is 30.6 Å². The molecular formula is C77H77Cl3N10O4S4. The maximum Gasteiger partial charge on any atom is 0.234 e. The summed E-state index contributed by atoms with van der Waals surface area (Å²) in [5, 5.41) is 44.6. The summed E-state index contributed by atoms with van der Waals surface area (Å²) < 4.78 is 11.4. The number of halogens is 3. The van der Waals surface area contributed by atoms with E-state index >= 15 is 0 Å². The lowest BCUT2D eigenvalue weighted by molar-refractivity contribution is -0.125. The van der Waals surface area contributed by atoms with Gasteiger partial charge in [-0.25, -0.2) is 0 Å². The molecule has 0 spiro atoms. The van der Waals surface area contributed by atoms with Crippen LogP contribution in [0.5, 0.6) is 11.5 Å². The van der Waals surface area contributed by atoms with E-state index in [0.29, 0.717) is 72.5 Å². The van der Waals surface area contributed by atoms with Gasteiger partial charge >= 0.3 is 0 Å². The third-order valence-electron chi connectivity index (χ3n) is 15.9. The van der Waals surface area contributed by atoms with E-state index in [1.54, 1.807) is 59.6 Å². The first kappa shape index (κ1) is 74.7. The summed E-state index contributed by atoms with van der Waals surface area (Å²) in [6, 6.07) is 56.1. The number of nitrogens with one attached hydrogen (secondary N) is 2. The summed E-state index contributed by atoms with van der Waals surface area (Å²) in [4.78, 5) is 39.2. The Morgan fingerprint density at radius 3 is 1.22 bits per heavy atom. The van der Waals surface area contributed by atoms with Gasteiger partial charge in [-0.05, 0) is 219 Å². The Bertz CT molecular complexity index is 3960. The van der Waals surface area contributed by atoms with E-state index in [0.717, 1.165) is 124 Å². The number of benzene rings is 8. The van der Waals surface area contributed by atoms with E-state index in [1.165, 1.54) is 48.4 Å². The minimum absolute atomic E-state index is 0.00984. The number of morpholine rings is 1. The SMILES string of the molecule is Cc1cc(C)cc(Sc2ccc(C#N)cc2CN2CCNC(=O)C2)c1.Cc1cc(Cl)cc(Oc2ccc(C#N)cc2CN2CCNC(=O)C2)c1.Cc1cc(Cl)cc(Sc2ccc(C#N)cc2CN2CCOCC2)c1.Cc1cc(Cl)cc(Sc2ccc(C#N)cc2CN2CCSCC2)c1. The molecule has 14 nitrogen and oxygen atoms in total. The average Bonchev–Trinajstić information content (AvgIpc) is 0.867. The van der Waals surface area contributed by atoms with E-state index in [-0.39, 0.29) is 11.8 Å². The molecule has 0 aromatic heterocycles. The number of rotatable bonds is 16. The molecule has 0 saturated carbocycles. The monoisotopic (exact) mass is 1440 g/mol. The van der Waals surface area contributed by atoms with Crippen LogP contribution in [0.4, 0.5) is 0 Å². The van der Waals surface area contributed by atoms with Crippen LogP contribution in [-0.2, 0) is 40.5 Å². The van der Waals surface area contributed by atoms with Crippen LogP contribution in [-0.4, -0.2) is 122 Å². The smallest absolute Gasteiger partial charge is 0.234 e. The molecular weight excluding hydrogens is 1360 g/mol. The van der Waals surface area contributed by atoms with Gasteiger partial charge in [0.25, 0.3) is 0 Å². The minimum atomic E-state index is 0.00984. The van der Waals surface area contributed by atoms with Crippen molar-refractivity contribution >= 4 is 93.7 Å². The van der Waals surface area contributed by atoms with E-state index in [2.05, 4.69) is 107 Å². The van der Waals surface area contributed by atoms with Crippen LogP contribution in [0.25, 0.3) is 0 Å². The maximum atomic E-state index is 11.6. The Labute approximate surface area is 608 Å². The van der Waals surface area contributed by atoms with Gasteiger partial charge in [0.15, 0.2) is 0 Å². The second kappa shape index (κ2) is 37.6. The summed E-state index contributed by atoms with van der Waals surface area (Å²) >= 11 is 25.6. The molecule has 0 bridgehead atoms. The number of carbonyl (C=O) groups excluding carboxylic acids is 2. The van der Waals surface area contributed by atoms with Gasteiger partial charge in [0.05, 0.1) is 72.8 Å². The number of nitrogens with zero attached hydrogens (tertiary/aromatic N) is 8. The number of thioether (sulfide) groups is 1. The molecule has 504 valence electrons. The van der Waals surface area contributed by atoms with Crippen molar-refractivity contribution in [2.45, 2.75) is 90.2 Å². The van der Waals surface area contributed by atoms with Crippen LogP contribution in [0.3, 0.4) is 0 Å². The fourth-order valence-electron chi connectivity index (χ4n) is 11.4. The highest BCUT2D eigenvalue weighted by molar-refractivity contribution is 8.00. The van der Waals surface area contributed by atoms with Crippen LogP contribution in [0.15, 0.2) is 175 Å². The van der Waals surface area contributed by atoms with Crippen molar-refractivity contribution in [1.82, 2.24) is 30.2 Å². The number of nitriles is 4. The number of carbonyl (C=O) groups is 2. The quantitative estimate of drug-likeness (QED) is 0.0930. The predicted octanol–water partition coefficient (Wildman–Crippen LogP) is 16.2. The summed E-state index contributed by atoms with van der Waals surface area (Å²) in [6.07, 6.45) is 0. The molecule has 8 aromatic carbocycles. The van der Waals surface area contributed by atoms with Gasteiger partial charge in [-0.1, -0.05) is 76.2 Å². The molecule has 8 aromatic rings. The van der Waals surface area contributed by atoms with Gasteiger partial charge in [-0.15, -0.1) is 0 Å². The van der Waals surface area contributed by atoms with Crippen LogP contribution in [0, 0.1) is 79.9 Å². The van der Waals surface area contributed by atoms with Crippen molar-refractivity contribution in [3.8, 4) is 35.8 Å².